The van der Waals surface area contributed by atoms with Crippen molar-refractivity contribution in [3.05, 3.63) is 64.0 Å². The minimum atomic E-state index is -0.545. The van der Waals surface area contributed by atoms with Gasteiger partial charge in [-0.15, -0.1) is 0 Å². The van der Waals surface area contributed by atoms with Crippen molar-refractivity contribution < 1.29 is 19.2 Å². The standard InChI is InChI=1S/C19H20N4O5/c1-28-17-5-4-15(23(26)27)11-16(17)19(25)22-9-6-14(7-10-22)21-18(24)13-3-2-8-20-12-13/h2-5,8,11-12,14H,6-7,9-10H2,1H3,(H,21,24). The Hall–Kier alpha value is -3.49. The number of non-ortho nitro benzene ring substituents is 1. The fourth-order valence-electron chi connectivity index (χ4n) is 3.14. The van der Waals surface area contributed by atoms with E-state index in [0.29, 0.717) is 37.2 Å². The number of carbonyl (C=O) groups is 2. The fraction of sp³-hybridized carbons (Fsp3) is 0.316. The van der Waals surface area contributed by atoms with Crippen molar-refractivity contribution in [3.8, 4) is 5.75 Å². The van der Waals surface area contributed by atoms with E-state index in [0.717, 1.165) is 0 Å². The number of benzene rings is 1. The number of nitro benzene ring substituents is 1. The molecular weight excluding hydrogens is 364 g/mol. The topological polar surface area (TPSA) is 115 Å². The predicted octanol–water partition coefficient (Wildman–Crippen LogP) is 2.03. The Morgan fingerprint density at radius 3 is 2.64 bits per heavy atom. The van der Waals surface area contributed by atoms with E-state index in [1.54, 1.807) is 23.2 Å². The molecule has 1 aliphatic heterocycles. The number of hydrogen-bond donors (Lipinski definition) is 1. The second kappa shape index (κ2) is 8.47. The molecule has 3 rings (SSSR count). The number of amides is 2. The molecule has 2 amide bonds. The third kappa shape index (κ3) is 4.25. The Kier molecular flexibility index (Phi) is 5.83. The van der Waals surface area contributed by atoms with E-state index in [1.165, 1.54) is 31.5 Å². The lowest BCUT2D eigenvalue weighted by molar-refractivity contribution is -0.384. The van der Waals surface area contributed by atoms with Crippen LogP contribution in [0, 0.1) is 10.1 Å². The van der Waals surface area contributed by atoms with E-state index >= 15 is 0 Å². The molecule has 2 aromatic rings. The zero-order valence-electron chi connectivity index (χ0n) is 15.3. The van der Waals surface area contributed by atoms with Crippen molar-refractivity contribution in [1.29, 1.82) is 0 Å². The summed E-state index contributed by atoms with van der Waals surface area (Å²) in [7, 11) is 1.41. The van der Waals surface area contributed by atoms with Gasteiger partial charge in [0.1, 0.15) is 5.75 Å². The highest BCUT2D eigenvalue weighted by atomic mass is 16.6. The van der Waals surface area contributed by atoms with Crippen LogP contribution in [0.25, 0.3) is 0 Å². The van der Waals surface area contributed by atoms with Gasteiger partial charge in [-0.05, 0) is 31.0 Å². The first-order valence-electron chi connectivity index (χ1n) is 8.82. The lowest BCUT2D eigenvalue weighted by Gasteiger charge is -2.32. The molecule has 28 heavy (non-hydrogen) atoms. The van der Waals surface area contributed by atoms with Gasteiger partial charge >= 0.3 is 0 Å². The summed E-state index contributed by atoms with van der Waals surface area (Å²) in [6.07, 6.45) is 4.29. The number of carbonyl (C=O) groups excluding carboxylic acids is 2. The van der Waals surface area contributed by atoms with Crippen molar-refractivity contribution >= 4 is 17.5 Å². The summed E-state index contributed by atoms with van der Waals surface area (Å²) >= 11 is 0. The lowest BCUT2D eigenvalue weighted by Crippen LogP contribution is -2.46. The van der Waals surface area contributed by atoms with Gasteiger partial charge in [-0.25, -0.2) is 0 Å². The Bertz CT molecular complexity index is 879. The summed E-state index contributed by atoms with van der Waals surface area (Å²) in [5, 5.41) is 14.0. The zero-order chi connectivity index (χ0) is 20.1. The molecular formula is C19H20N4O5. The normalized spacial score (nSPS) is 14.4. The molecule has 1 aromatic carbocycles. The third-order valence-corrected chi connectivity index (χ3v) is 4.67. The van der Waals surface area contributed by atoms with Gasteiger partial charge < -0.3 is 15.0 Å². The number of pyridine rings is 1. The van der Waals surface area contributed by atoms with Gasteiger partial charge in [-0.1, -0.05) is 0 Å². The Balaban J connectivity index is 1.63. The van der Waals surface area contributed by atoms with E-state index in [2.05, 4.69) is 10.3 Å². The number of aromatic nitrogens is 1. The second-order valence-corrected chi connectivity index (χ2v) is 6.42. The molecule has 9 nitrogen and oxygen atoms in total. The van der Waals surface area contributed by atoms with Gasteiger partial charge in [-0.2, -0.15) is 0 Å². The van der Waals surface area contributed by atoms with Gasteiger partial charge in [0.2, 0.25) is 0 Å². The summed E-state index contributed by atoms with van der Waals surface area (Å²) < 4.78 is 5.18. The van der Waals surface area contributed by atoms with Crippen LogP contribution in [-0.4, -0.2) is 52.9 Å². The highest BCUT2D eigenvalue weighted by Crippen LogP contribution is 2.26. The van der Waals surface area contributed by atoms with Crippen LogP contribution in [0.5, 0.6) is 5.75 Å². The summed E-state index contributed by atoms with van der Waals surface area (Å²) in [5.41, 5.74) is 0.486. The van der Waals surface area contributed by atoms with Crippen LogP contribution in [0.2, 0.25) is 0 Å². The maximum Gasteiger partial charge on any atom is 0.270 e. The van der Waals surface area contributed by atoms with Crippen LogP contribution < -0.4 is 10.1 Å². The van der Waals surface area contributed by atoms with E-state index in [1.807, 2.05) is 0 Å². The molecule has 0 aliphatic carbocycles. The monoisotopic (exact) mass is 384 g/mol. The molecule has 2 heterocycles. The number of ether oxygens (including phenoxy) is 1. The Morgan fingerprint density at radius 2 is 2.04 bits per heavy atom. The average molecular weight is 384 g/mol. The van der Waals surface area contributed by atoms with Crippen LogP contribution in [0.4, 0.5) is 5.69 Å². The van der Waals surface area contributed by atoms with E-state index in [-0.39, 0.29) is 29.1 Å². The first kappa shape index (κ1) is 19.3. The van der Waals surface area contributed by atoms with Crippen LogP contribution in [0.15, 0.2) is 42.7 Å². The number of nitro groups is 1. The molecule has 1 saturated heterocycles. The Morgan fingerprint density at radius 1 is 1.29 bits per heavy atom. The molecule has 9 heteroatoms. The third-order valence-electron chi connectivity index (χ3n) is 4.67. The maximum atomic E-state index is 12.8. The van der Waals surface area contributed by atoms with Gasteiger partial charge in [0, 0.05) is 43.7 Å². The maximum absolute atomic E-state index is 12.8. The summed E-state index contributed by atoms with van der Waals surface area (Å²) in [6, 6.07) is 7.29. The van der Waals surface area contributed by atoms with Crippen molar-refractivity contribution in [3.63, 3.8) is 0 Å². The lowest BCUT2D eigenvalue weighted by atomic mass is 10.0. The van der Waals surface area contributed by atoms with E-state index in [4.69, 9.17) is 4.74 Å². The molecule has 1 N–H and O–H groups in total. The second-order valence-electron chi connectivity index (χ2n) is 6.42. The molecule has 0 spiro atoms. The van der Waals surface area contributed by atoms with Crippen molar-refractivity contribution in [2.75, 3.05) is 20.2 Å². The minimum Gasteiger partial charge on any atom is -0.496 e. The number of methoxy groups -OCH3 is 1. The van der Waals surface area contributed by atoms with Crippen LogP contribution >= 0.6 is 0 Å². The molecule has 0 atom stereocenters. The summed E-state index contributed by atoms with van der Waals surface area (Å²) in [4.78, 5) is 41.1. The largest absolute Gasteiger partial charge is 0.496 e. The first-order chi connectivity index (χ1) is 13.5. The smallest absolute Gasteiger partial charge is 0.270 e. The van der Waals surface area contributed by atoms with Crippen LogP contribution in [0.1, 0.15) is 33.6 Å². The number of hydrogen-bond acceptors (Lipinski definition) is 6. The number of nitrogens with zero attached hydrogens (tertiary/aromatic N) is 3. The number of likely N-dealkylation sites (tertiary alicyclic amines) is 1. The molecule has 1 fully saturated rings. The fourth-order valence-corrected chi connectivity index (χ4v) is 3.14. The molecule has 0 saturated carbocycles. The van der Waals surface area contributed by atoms with Crippen molar-refractivity contribution in [2.24, 2.45) is 0 Å². The summed E-state index contributed by atoms with van der Waals surface area (Å²) in [6.45, 7) is 0.866. The Labute approximate surface area is 161 Å². The van der Waals surface area contributed by atoms with Gasteiger partial charge in [0.15, 0.2) is 0 Å². The first-order valence-corrected chi connectivity index (χ1v) is 8.82. The van der Waals surface area contributed by atoms with Gasteiger partial charge in [0.05, 0.1) is 23.2 Å². The number of rotatable bonds is 5. The van der Waals surface area contributed by atoms with Gasteiger partial charge in [-0.3, -0.25) is 24.7 Å². The highest BCUT2D eigenvalue weighted by molar-refractivity contribution is 5.98. The molecule has 0 bridgehead atoms. The molecule has 0 unspecified atom stereocenters. The summed E-state index contributed by atoms with van der Waals surface area (Å²) in [5.74, 6) is -0.224. The van der Waals surface area contributed by atoms with E-state index in [9.17, 15) is 19.7 Å². The van der Waals surface area contributed by atoms with Crippen molar-refractivity contribution in [2.45, 2.75) is 18.9 Å². The predicted molar refractivity (Wildman–Crippen MR) is 100 cm³/mol. The zero-order valence-corrected chi connectivity index (χ0v) is 15.3. The number of nitrogens with one attached hydrogen (secondary N) is 1. The average Bonchev–Trinajstić information content (AvgIpc) is 2.73. The quantitative estimate of drug-likeness (QED) is 0.623. The molecule has 1 aliphatic rings. The van der Waals surface area contributed by atoms with Gasteiger partial charge in [0.25, 0.3) is 17.5 Å². The highest BCUT2D eigenvalue weighted by Gasteiger charge is 2.27. The minimum absolute atomic E-state index is 0.0521. The SMILES string of the molecule is COc1ccc([N+](=O)[O-])cc1C(=O)N1CCC(NC(=O)c2cccnc2)CC1. The molecule has 1 aromatic heterocycles. The van der Waals surface area contributed by atoms with Crippen molar-refractivity contribution in [1.82, 2.24) is 15.2 Å². The molecule has 0 radical (unpaired) electrons. The number of piperidine rings is 1. The molecule has 146 valence electrons. The van der Waals surface area contributed by atoms with Crippen LogP contribution in [0.3, 0.4) is 0 Å². The van der Waals surface area contributed by atoms with Crippen LogP contribution in [-0.2, 0) is 0 Å². The van der Waals surface area contributed by atoms with E-state index < -0.39 is 4.92 Å².